The Morgan fingerprint density at radius 2 is 2.12 bits per heavy atom. The number of hydrogen-bond acceptors (Lipinski definition) is 5. The Morgan fingerprint density at radius 3 is 2.88 bits per heavy atom. The lowest BCUT2D eigenvalue weighted by Crippen LogP contribution is -2.26. The Kier molecular flexibility index (Phi) is 5.68. The molecule has 0 aliphatic rings. The number of methoxy groups -OCH3 is 1. The minimum absolute atomic E-state index is 0.0363. The molecular weight excluding hydrogens is 332 g/mol. The van der Waals surface area contributed by atoms with E-state index in [1.165, 1.54) is 0 Å². The maximum Gasteiger partial charge on any atom is 0.249 e. The minimum atomic E-state index is -0.346. The number of ether oxygens (including phenoxy) is 1. The first kappa shape index (κ1) is 17.7. The van der Waals surface area contributed by atoms with Crippen LogP contribution in [0.2, 0.25) is 0 Å². The zero-order valence-electron chi connectivity index (χ0n) is 14.9. The molecule has 0 unspecified atom stereocenters. The van der Waals surface area contributed by atoms with Crippen LogP contribution in [0, 0.1) is 0 Å². The normalized spacial score (nSPS) is 11.9. The third-order valence-electron chi connectivity index (χ3n) is 4.00. The van der Waals surface area contributed by atoms with Crippen LogP contribution in [0.4, 0.5) is 0 Å². The van der Waals surface area contributed by atoms with E-state index in [2.05, 4.69) is 20.0 Å². The van der Waals surface area contributed by atoms with Gasteiger partial charge in [0.15, 0.2) is 0 Å². The van der Waals surface area contributed by atoms with Crippen LogP contribution in [-0.4, -0.2) is 27.7 Å². The number of carbonyl (C=O) groups excluding carboxylic acids is 1. The summed E-state index contributed by atoms with van der Waals surface area (Å²) in [6.07, 6.45) is 5.18. The van der Waals surface area contributed by atoms with Crippen LogP contribution in [0.15, 0.2) is 53.3 Å². The van der Waals surface area contributed by atoms with Gasteiger partial charge in [0.2, 0.25) is 17.6 Å². The van der Waals surface area contributed by atoms with Gasteiger partial charge in [-0.1, -0.05) is 17.3 Å². The van der Waals surface area contributed by atoms with Gasteiger partial charge in [-0.3, -0.25) is 4.79 Å². The van der Waals surface area contributed by atoms with Crippen molar-refractivity contribution >= 4 is 5.91 Å². The van der Waals surface area contributed by atoms with Crippen molar-refractivity contribution in [1.29, 1.82) is 0 Å². The van der Waals surface area contributed by atoms with Crippen molar-refractivity contribution in [2.75, 3.05) is 7.11 Å². The molecule has 1 atom stereocenters. The zero-order chi connectivity index (χ0) is 18.4. The maximum atomic E-state index is 12.1. The quantitative estimate of drug-likeness (QED) is 0.672. The summed E-state index contributed by atoms with van der Waals surface area (Å²) < 4.78 is 12.6. The van der Waals surface area contributed by atoms with Crippen LogP contribution in [-0.2, 0) is 11.3 Å². The van der Waals surface area contributed by atoms with Gasteiger partial charge in [-0.2, -0.15) is 4.98 Å². The van der Waals surface area contributed by atoms with Gasteiger partial charge in [-0.25, -0.2) is 0 Å². The van der Waals surface area contributed by atoms with Crippen molar-refractivity contribution in [3.8, 4) is 17.1 Å². The van der Waals surface area contributed by atoms with Crippen LogP contribution in [0.3, 0.4) is 0 Å². The Balaban J connectivity index is 1.53. The molecule has 0 aliphatic heterocycles. The highest BCUT2D eigenvalue weighted by Crippen LogP contribution is 2.22. The van der Waals surface area contributed by atoms with Crippen LogP contribution >= 0.6 is 0 Å². The molecule has 0 spiro atoms. The number of carbonyl (C=O) groups is 1. The Labute approximate surface area is 152 Å². The third-order valence-corrected chi connectivity index (χ3v) is 4.00. The predicted octanol–water partition coefficient (Wildman–Crippen LogP) is 3.20. The third kappa shape index (κ3) is 4.50. The highest BCUT2D eigenvalue weighted by Gasteiger charge is 2.17. The van der Waals surface area contributed by atoms with Gasteiger partial charge in [-0.15, -0.1) is 0 Å². The van der Waals surface area contributed by atoms with E-state index in [0.29, 0.717) is 18.1 Å². The van der Waals surface area contributed by atoms with Crippen molar-refractivity contribution in [3.05, 3.63) is 54.7 Å². The molecule has 136 valence electrons. The summed E-state index contributed by atoms with van der Waals surface area (Å²) in [5.74, 6) is 1.53. The second-order valence-electron chi connectivity index (χ2n) is 6.00. The molecule has 0 aliphatic carbocycles. The second-order valence-corrected chi connectivity index (χ2v) is 6.00. The van der Waals surface area contributed by atoms with Gasteiger partial charge in [0.1, 0.15) is 11.8 Å². The molecule has 3 aromatic rings. The molecule has 7 heteroatoms. The van der Waals surface area contributed by atoms with E-state index in [-0.39, 0.29) is 11.9 Å². The SMILES string of the molecule is COc1cccc(-c2noc([C@@H](C)NC(=O)CCCn3cccc3)n2)c1. The van der Waals surface area contributed by atoms with Crippen LogP contribution in [0.5, 0.6) is 5.75 Å². The molecule has 2 heterocycles. The maximum absolute atomic E-state index is 12.1. The summed E-state index contributed by atoms with van der Waals surface area (Å²) in [6.45, 7) is 2.64. The molecule has 1 amide bonds. The van der Waals surface area contributed by atoms with E-state index < -0.39 is 0 Å². The minimum Gasteiger partial charge on any atom is -0.497 e. The number of rotatable bonds is 8. The molecule has 2 aromatic heterocycles. The molecule has 0 radical (unpaired) electrons. The molecule has 7 nitrogen and oxygen atoms in total. The lowest BCUT2D eigenvalue weighted by atomic mass is 10.2. The zero-order valence-corrected chi connectivity index (χ0v) is 14.9. The monoisotopic (exact) mass is 354 g/mol. The van der Waals surface area contributed by atoms with E-state index in [4.69, 9.17) is 9.26 Å². The van der Waals surface area contributed by atoms with Gasteiger partial charge in [0.25, 0.3) is 0 Å². The number of aromatic nitrogens is 3. The Hall–Kier alpha value is -3.09. The fourth-order valence-corrected chi connectivity index (χ4v) is 2.61. The average molecular weight is 354 g/mol. The van der Waals surface area contributed by atoms with E-state index in [1.54, 1.807) is 7.11 Å². The highest BCUT2D eigenvalue weighted by atomic mass is 16.5. The van der Waals surface area contributed by atoms with Crippen molar-refractivity contribution in [2.24, 2.45) is 0 Å². The van der Waals surface area contributed by atoms with Gasteiger partial charge in [0, 0.05) is 30.9 Å². The summed E-state index contributed by atoms with van der Waals surface area (Å²) in [4.78, 5) is 16.5. The Morgan fingerprint density at radius 1 is 1.31 bits per heavy atom. The molecule has 3 rings (SSSR count). The average Bonchev–Trinajstić information content (AvgIpc) is 3.33. The lowest BCUT2D eigenvalue weighted by molar-refractivity contribution is -0.122. The summed E-state index contributed by atoms with van der Waals surface area (Å²) in [5, 5.41) is 6.88. The first-order valence-corrected chi connectivity index (χ1v) is 8.54. The first-order chi connectivity index (χ1) is 12.7. The fourth-order valence-electron chi connectivity index (χ4n) is 2.61. The Bertz CT molecular complexity index is 842. The van der Waals surface area contributed by atoms with Crippen LogP contribution in [0.1, 0.15) is 31.7 Å². The molecule has 0 saturated carbocycles. The fraction of sp³-hybridized carbons (Fsp3) is 0.316. The topological polar surface area (TPSA) is 82.2 Å². The van der Waals surface area contributed by atoms with Crippen molar-refractivity contribution in [1.82, 2.24) is 20.0 Å². The number of benzene rings is 1. The van der Waals surface area contributed by atoms with E-state index in [1.807, 2.05) is 55.7 Å². The van der Waals surface area contributed by atoms with Gasteiger partial charge in [-0.05, 0) is 37.6 Å². The summed E-state index contributed by atoms with van der Waals surface area (Å²) >= 11 is 0. The molecule has 0 saturated heterocycles. The largest absolute Gasteiger partial charge is 0.497 e. The first-order valence-electron chi connectivity index (χ1n) is 8.54. The van der Waals surface area contributed by atoms with Crippen molar-refractivity contribution < 1.29 is 14.1 Å². The van der Waals surface area contributed by atoms with Crippen LogP contribution < -0.4 is 10.1 Å². The number of amides is 1. The van der Waals surface area contributed by atoms with Crippen LogP contribution in [0.25, 0.3) is 11.4 Å². The van der Waals surface area contributed by atoms with Gasteiger partial charge < -0.3 is 19.1 Å². The molecule has 0 fully saturated rings. The number of aryl methyl sites for hydroxylation is 1. The second kappa shape index (κ2) is 8.33. The van der Waals surface area contributed by atoms with E-state index in [9.17, 15) is 4.79 Å². The number of nitrogens with one attached hydrogen (secondary N) is 1. The number of hydrogen-bond donors (Lipinski definition) is 1. The molecule has 0 bridgehead atoms. The summed E-state index contributed by atoms with van der Waals surface area (Å²) in [5.41, 5.74) is 0.796. The van der Waals surface area contributed by atoms with Crippen molar-refractivity contribution in [2.45, 2.75) is 32.4 Å². The molecular formula is C19H22N4O3. The van der Waals surface area contributed by atoms with Crippen molar-refractivity contribution in [3.63, 3.8) is 0 Å². The lowest BCUT2D eigenvalue weighted by Gasteiger charge is -2.09. The summed E-state index contributed by atoms with van der Waals surface area (Å²) in [7, 11) is 1.61. The number of nitrogens with zero attached hydrogens (tertiary/aromatic N) is 3. The van der Waals surface area contributed by atoms with E-state index in [0.717, 1.165) is 24.3 Å². The van der Waals surface area contributed by atoms with E-state index >= 15 is 0 Å². The van der Waals surface area contributed by atoms with Gasteiger partial charge >= 0.3 is 0 Å². The molecule has 26 heavy (non-hydrogen) atoms. The summed E-state index contributed by atoms with van der Waals surface area (Å²) in [6, 6.07) is 11.0. The highest BCUT2D eigenvalue weighted by molar-refractivity contribution is 5.76. The molecule has 1 N–H and O–H groups in total. The smallest absolute Gasteiger partial charge is 0.249 e. The molecule has 1 aromatic carbocycles. The van der Waals surface area contributed by atoms with Gasteiger partial charge in [0.05, 0.1) is 7.11 Å². The standard InChI is InChI=1S/C19H22N4O3/c1-14(20-17(24)9-6-12-23-10-3-4-11-23)19-21-18(22-26-19)15-7-5-8-16(13-15)25-2/h3-5,7-8,10-11,13-14H,6,9,12H2,1-2H3,(H,20,24)/t14-/m1/s1. The predicted molar refractivity (Wildman–Crippen MR) is 96.5 cm³/mol.